The van der Waals surface area contributed by atoms with E-state index in [2.05, 4.69) is 0 Å². The number of hydrogen-bond acceptors (Lipinski definition) is 5. The molecule has 2 amide bonds. The maximum absolute atomic E-state index is 13.8. The number of amides is 2. The topological polar surface area (TPSA) is 92.9 Å². The van der Waals surface area contributed by atoms with Crippen molar-refractivity contribution in [1.82, 2.24) is 4.90 Å². The molecule has 1 aliphatic heterocycles. The fraction of sp³-hybridized carbons (Fsp3) is 0.226. The highest BCUT2D eigenvalue weighted by Crippen LogP contribution is 2.44. The molecule has 0 atom stereocenters. The molecule has 0 spiro atoms. The number of piperidine rings is 1. The number of nitrogens with zero attached hydrogens (tertiary/aromatic N) is 1. The van der Waals surface area contributed by atoms with E-state index in [0.29, 0.717) is 46.6 Å². The van der Waals surface area contributed by atoms with Gasteiger partial charge in [-0.05, 0) is 66.4 Å². The lowest BCUT2D eigenvalue weighted by atomic mass is 9.72. The van der Waals surface area contributed by atoms with Crippen molar-refractivity contribution in [3.05, 3.63) is 99.3 Å². The molecular formula is C31H28Cl2N2O4S. The molecule has 0 bridgehead atoms. The molecule has 3 N–H and O–H groups in total. The van der Waals surface area contributed by atoms with Crippen LogP contribution in [-0.4, -0.2) is 48.1 Å². The number of aliphatic hydroxyl groups excluding tert-OH is 1. The Hall–Kier alpha value is -3.36. The highest BCUT2D eigenvalue weighted by atomic mass is 35.5. The lowest BCUT2D eigenvalue weighted by Crippen LogP contribution is -2.51. The summed E-state index contributed by atoms with van der Waals surface area (Å²) in [5.74, 6) is 0.174. The number of nitrogens with two attached hydrogens (primary N) is 1. The van der Waals surface area contributed by atoms with Gasteiger partial charge in [-0.25, -0.2) is 0 Å². The number of benzene rings is 3. The Morgan fingerprint density at radius 1 is 0.950 bits per heavy atom. The van der Waals surface area contributed by atoms with Crippen LogP contribution >= 0.6 is 34.5 Å². The Bertz CT molecular complexity index is 1510. The van der Waals surface area contributed by atoms with E-state index in [4.69, 9.17) is 38.8 Å². The molecule has 0 unspecified atom stereocenters. The SMILES string of the molecule is NC(=O)C1(c2ccccc2)CCN(C(=O)c2cc(-c3ccc(Cl)cc3Cl)c(-c3ccc(OCCO)cc3)s2)CC1. The van der Waals surface area contributed by atoms with Gasteiger partial charge in [0.25, 0.3) is 5.91 Å². The molecule has 1 saturated heterocycles. The average molecular weight is 596 g/mol. The van der Waals surface area contributed by atoms with E-state index < -0.39 is 5.41 Å². The molecule has 2 heterocycles. The maximum Gasteiger partial charge on any atom is 0.263 e. The molecule has 4 aromatic rings. The highest BCUT2D eigenvalue weighted by molar-refractivity contribution is 7.18. The third kappa shape index (κ3) is 5.60. The van der Waals surface area contributed by atoms with E-state index >= 15 is 0 Å². The van der Waals surface area contributed by atoms with Crippen LogP contribution in [0.4, 0.5) is 0 Å². The first-order valence-corrected chi connectivity index (χ1v) is 14.5. The molecule has 0 aliphatic carbocycles. The number of halogens is 2. The van der Waals surface area contributed by atoms with Crippen molar-refractivity contribution in [2.75, 3.05) is 26.3 Å². The van der Waals surface area contributed by atoms with Crippen LogP contribution < -0.4 is 10.5 Å². The van der Waals surface area contributed by atoms with Gasteiger partial charge in [-0.1, -0.05) is 59.6 Å². The number of carbonyl (C=O) groups excluding carboxylic acids is 2. The Morgan fingerprint density at radius 3 is 2.27 bits per heavy atom. The lowest BCUT2D eigenvalue weighted by molar-refractivity contribution is -0.125. The number of ether oxygens (including phenoxy) is 1. The molecule has 0 saturated carbocycles. The van der Waals surface area contributed by atoms with E-state index in [1.54, 1.807) is 17.0 Å². The molecular weight excluding hydrogens is 567 g/mol. The summed E-state index contributed by atoms with van der Waals surface area (Å²) in [6, 6.07) is 24.3. The zero-order valence-electron chi connectivity index (χ0n) is 21.6. The van der Waals surface area contributed by atoms with E-state index in [9.17, 15) is 9.59 Å². The Labute approximate surface area is 246 Å². The summed E-state index contributed by atoms with van der Waals surface area (Å²) < 4.78 is 5.51. The van der Waals surface area contributed by atoms with Crippen molar-refractivity contribution in [2.45, 2.75) is 18.3 Å². The monoisotopic (exact) mass is 594 g/mol. The fourth-order valence-corrected chi connectivity index (χ4v) is 6.82. The van der Waals surface area contributed by atoms with E-state index in [0.717, 1.165) is 27.1 Å². The van der Waals surface area contributed by atoms with Crippen molar-refractivity contribution in [3.8, 4) is 27.3 Å². The summed E-state index contributed by atoms with van der Waals surface area (Å²) >= 11 is 14.2. The van der Waals surface area contributed by atoms with Crippen LogP contribution in [0.2, 0.25) is 10.0 Å². The van der Waals surface area contributed by atoms with Crippen molar-refractivity contribution >= 4 is 46.4 Å². The summed E-state index contributed by atoms with van der Waals surface area (Å²) in [5.41, 5.74) is 8.49. The number of aliphatic hydroxyl groups is 1. The summed E-state index contributed by atoms with van der Waals surface area (Å²) in [6.45, 7) is 0.967. The number of carbonyl (C=O) groups is 2. The predicted molar refractivity (Wildman–Crippen MR) is 160 cm³/mol. The largest absolute Gasteiger partial charge is 0.491 e. The minimum absolute atomic E-state index is 0.0697. The number of likely N-dealkylation sites (tertiary alicyclic amines) is 1. The highest BCUT2D eigenvalue weighted by Gasteiger charge is 2.42. The van der Waals surface area contributed by atoms with Crippen LogP contribution in [0.25, 0.3) is 21.6 Å². The van der Waals surface area contributed by atoms with Gasteiger partial charge in [0.2, 0.25) is 5.91 Å². The van der Waals surface area contributed by atoms with Crippen LogP contribution in [0.1, 0.15) is 28.1 Å². The number of rotatable bonds is 8. The molecule has 206 valence electrons. The van der Waals surface area contributed by atoms with Gasteiger partial charge in [-0.15, -0.1) is 11.3 Å². The van der Waals surface area contributed by atoms with Crippen LogP contribution in [0.3, 0.4) is 0 Å². The Morgan fingerprint density at radius 2 is 1.65 bits per heavy atom. The first-order chi connectivity index (χ1) is 19.3. The third-order valence-corrected chi connectivity index (χ3v) is 9.06. The van der Waals surface area contributed by atoms with Crippen molar-refractivity contribution in [1.29, 1.82) is 0 Å². The fourth-order valence-electron chi connectivity index (χ4n) is 5.17. The molecule has 1 fully saturated rings. The van der Waals surface area contributed by atoms with Gasteiger partial charge in [0.15, 0.2) is 0 Å². The normalized spacial score (nSPS) is 14.6. The molecule has 40 heavy (non-hydrogen) atoms. The van der Waals surface area contributed by atoms with Gasteiger partial charge < -0.3 is 20.5 Å². The van der Waals surface area contributed by atoms with Gasteiger partial charge in [0.1, 0.15) is 12.4 Å². The molecule has 5 rings (SSSR count). The first-order valence-electron chi connectivity index (χ1n) is 12.9. The summed E-state index contributed by atoms with van der Waals surface area (Å²) in [7, 11) is 0. The Kier molecular flexibility index (Phi) is 8.47. The van der Waals surface area contributed by atoms with Crippen LogP contribution in [0.15, 0.2) is 78.9 Å². The predicted octanol–water partition coefficient (Wildman–Crippen LogP) is 6.42. The third-order valence-electron chi connectivity index (χ3n) is 7.34. The second-order valence-electron chi connectivity index (χ2n) is 9.68. The average Bonchev–Trinajstić information content (AvgIpc) is 3.41. The number of primary amides is 1. The van der Waals surface area contributed by atoms with Crippen molar-refractivity contribution in [3.63, 3.8) is 0 Å². The standard InChI is InChI=1S/C31H28Cl2N2O4S/c32-22-8-11-24(26(33)18-22)25-19-27(40-28(25)20-6-9-23(10-7-20)39-17-16-36)29(37)35-14-12-31(13-15-35,30(34)38)21-4-2-1-3-5-21/h1-11,18-19,36H,12-17H2,(H2,34,38). The zero-order valence-corrected chi connectivity index (χ0v) is 23.9. The molecule has 9 heteroatoms. The summed E-state index contributed by atoms with van der Waals surface area (Å²) in [4.78, 5) is 29.6. The first kappa shape index (κ1) is 28.2. The van der Waals surface area contributed by atoms with Gasteiger partial charge in [0.05, 0.1) is 16.9 Å². The van der Waals surface area contributed by atoms with Crippen LogP contribution in [0.5, 0.6) is 5.75 Å². The Balaban J connectivity index is 1.46. The summed E-state index contributed by atoms with van der Waals surface area (Å²) in [5, 5.41) is 10.1. The molecule has 3 aromatic carbocycles. The van der Waals surface area contributed by atoms with Crippen LogP contribution in [0, 0.1) is 0 Å². The van der Waals surface area contributed by atoms with Crippen molar-refractivity contribution < 1.29 is 19.4 Å². The minimum Gasteiger partial charge on any atom is -0.491 e. The number of thiophene rings is 1. The number of hydrogen-bond donors (Lipinski definition) is 2. The van der Waals surface area contributed by atoms with E-state index in [1.165, 1.54) is 11.3 Å². The van der Waals surface area contributed by atoms with Gasteiger partial charge in [-0.3, -0.25) is 9.59 Å². The maximum atomic E-state index is 13.8. The molecule has 1 aliphatic rings. The molecule has 6 nitrogen and oxygen atoms in total. The van der Waals surface area contributed by atoms with Gasteiger partial charge in [0, 0.05) is 39.1 Å². The smallest absolute Gasteiger partial charge is 0.263 e. The minimum atomic E-state index is -0.791. The lowest BCUT2D eigenvalue weighted by Gasteiger charge is -2.40. The van der Waals surface area contributed by atoms with E-state index in [1.807, 2.05) is 66.7 Å². The van der Waals surface area contributed by atoms with E-state index in [-0.39, 0.29) is 25.0 Å². The van der Waals surface area contributed by atoms with Crippen molar-refractivity contribution in [2.24, 2.45) is 5.73 Å². The quantitative estimate of drug-likeness (QED) is 0.246. The van der Waals surface area contributed by atoms with Gasteiger partial charge >= 0.3 is 0 Å². The molecule has 1 aromatic heterocycles. The van der Waals surface area contributed by atoms with Crippen LogP contribution in [-0.2, 0) is 10.2 Å². The van der Waals surface area contributed by atoms with Gasteiger partial charge in [-0.2, -0.15) is 0 Å². The second kappa shape index (κ2) is 12.0. The summed E-state index contributed by atoms with van der Waals surface area (Å²) in [6.07, 6.45) is 0.920. The zero-order chi connectivity index (χ0) is 28.3. The second-order valence-corrected chi connectivity index (χ2v) is 11.6. The molecule has 0 radical (unpaired) electrons.